The molecule has 82 valence electrons. The van der Waals surface area contributed by atoms with Crippen molar-refractivity contribution in [2.75, 3.05) is 13.1 Å². The Morgan fingerprint density at radius 2 is 1.80 bits per heavy atom. The van der Waals surface area contributed by atoms with Crippen LogP contribution in [0, 0.1) is 0 Å². The lowest BCUT2D eigenvalue weighted by Gasteiger charge is -2.12. The molecule has 2 rings (SSSR count). The lowest BCUT2D eigenvalue weighted by molar-refractivity contribution is 0.350. The van der Waals surface area contributed by atoms with E-state index in [1.165, 1.54) is 0 Å². The molecule has 2 N–H and O–H groups in total. The summed E-state index contributed by atoms with van der Waals surface area (Å²) < 4.78 is 0. The van der Waals surface area contributed by atoms with E-state index in [2.05, 4.69) is 0 Å². The predicted octanol–water partition coefficient (Wildman–Crippen LogP) is 3.31. The molecule has 1 aliphatic heterocycles. The molecule has 1 fully saturated rings. The van der Waals surface area contributed by atoms with Crippen LogP contribution in [0.25, 0.3) is 0 Å². The average molecular weight is 266 g/mol. The van der Waals surface area contributed by atoms with Crippen LogP contribution in [0.2, 0.25) is 15.1 Å². The zero-order chi connectivity index (χ0) is 11.0. The van der Waals surface area contributed by atoms with E-state index in [1.807, 2.05) is 12.1 Å². The van der Waals surface area contributed by atoms with Gasteiger partial charge in [0.2, 0.25) is 0 Å². The van der Waals surface area contributed by atoms with E-state index >= 15 is 0 Å². The predicted molar refractivity (Wildman–Crippen MR) is 64.6 cm³/mol. The molecule has 5 heteroatoms. The topological polar surface area (TPSA) is 29.3 Å². The van der Waals surface area contributed by atoms with Gasteiger partial charge in [0.05, 0.1) is 15.1 Å². The smallest absolute Gasteiger partial charge is 0.0778 e. The molecule has 1 aromatic carbocycles. The second-order valence-corrected chi connectivity index (χ2v) is 4.97. The molecule has 0 aromatic heterocycles. The highest BCUT2D eigenvalue weighted by Crippen LogP contribution is 2.35. The first kappa shape index (κ1) is 11.5. The SMILES string of the molecule is NN1CC[C@H](c2cc(Cl)c(Cl)c(Cl)c2)C1. The van der Waals surface area contributed by atoms with Crippen LogP contribution in [0.5, 0.6) is 0 Å². The maximum atomic E-state index is 5.97. The summed E-state index contributed by atoms with van der Waals surface area (Å²) in [6.07, 6.45) is 1.03. The summed E-state index contributed by atoms with van der Waals surface area (Å²) in [5.41, 5.74) is 1.11. The minimum Gasteiger partial charge on any atom is -0.269 e. The summed E-state index contributed by atoms with van der Waals surface area (Å²) in [5.74, 6) is 6.11. The molecule has 1 saturated heterocycles. The zero-order valence-corrected chi connectivity index (χ0v) is 10.3. The lowest BCUT2D eigenvalue weighted by atomic mass is 9.99. The van der Waals surface area contributed by atoms with E-state index in [-0.39, 0.29) is 0 Å². The average Bonchev–Trinajstić information content (AvgIpc) is 2.60. The zero-order valence-electron chi connectivity index (χ0n) is 8.01. The number of nitrogens with zero attached hydrogens (tertiary/aromatic N) is 1. The van der Waals surface area contributed by atoms with Crippen molar-refractivity contribution in [1.29, 1.82) is 0 Å². The quantitative estimate of drug-likeness (QED) is 0.623. The molecule has 1 aliphatic rings. The highest BCUT2D eigenvalue weighted by atomic mass is 35.5. The largest absolute Gasteiger partial charge is 0.269 e. The summed E-state index contributed by atoms with van der Waals surface area (Å²) in [6.45, 7) is 1.75. The summed E-state index contributed by atoms with van der Waals surface area (Å²) in [4.78, 5) is 0. The molecule has 1 atom stereocenters. The van der Waals surface area contributed by atoms with Crippen molar-refractivity contribution in [3.8, 4) is 0 Å². The van der Waals surface area contributed by atoms with E-state index in [0.29, 0.717) is 21.0 Å². The van der Waals surface area contributed by atoms with Crippen molar-refractivity contribution in [2.24, 2.45) is 5.84 Å². The Morgan fingerprint density at radius 1 is 1.20 bits per heavy atom. The third kappa shape index (κ3) is 2.40. The summed E-state index contributed by atoms with van der Waals surface area (Å²) in [6, 6.07) is 3.75. The van der Waals surface area contributed by atoms with Crippen LogP contribution in [-0.2, 0) is 0 Å². The molecule has 1 heterocycles. The number of halogens is 3. The van der Waals surface area contributed by atoms with Gasteiger partial charge < -0.3 is 0 Å². The van der Waals surface area contributed by atoms with Gasteiger partial charge in [0.25, 0.3) is 0 Å². The highest BCUT2D eigenvalue weighted by molar-refractivity contribution is 6.48. The second-order valence-electron chi connectivity index (χ2n) is 3.78. The number of hydrazine groups is 1. The number of nitrogens with two attached hydrogens (primary N) is 1. The Hall–Kier alpha value is 0.01000. The van der Waals surface area contributed by atoms with Crippen LogP contribution in [-0.4, -0.2) is 18.1 Å². The maximum absolute atomic E-state index is 5.97. The fourth-order valence-corrected chi connectivity index (χ4v) is 2.48. The van der Waals surface area contributed by atoms with Crippen LogP contribution in [0.15, 0.2) is 12.1 Å². The van der Waals surface area contributed by atoms with Crippen molar-refractivity contribution in [2.45, 2.75) is 12.3 Å². The van der Waals surface area contributed by atoms with Crippen LogP contribution >= 0.6 is 34.8 Å². The fourth-order valence-electron chi connectivity index (χ4n) is 1.87. The van der Waals surface area contributed by atoms with Crippen molar-refractivity contribution < 1.29 is 0 Å². The highest BCUT2D eigenvalue weighted by Gasteiger charge is 2.22. The maximum Gasteiger partial charge on any atom is 0.0778 e. The van der Waals surface area contributed by atoms with E-state index in [9.17, 15) is 0 Å². The van der Waals surface area contributed by atoms with Crippen LogP contribution in [0.3, 0.4) is 0 Å². The van der Waals surface area contributed by atoms with Gasteiger partial charge in [0.1, 0.15) is 0 Å². The summed E-state index contributed by atoms with van der Waals surface area (Å²) in [5, 5.41) is 3.25. The number of benzene rings is 1. The van der Waals surface area contributed by atoms with E-state index in [0.717, 1.165) is 25.1 Å². The van der Waals surface area contributed by atoms with Crippen molar-refractivity contribution in [3.63, 3.8) is 0 Å². The first-order valence-electron chi connectivity index (χ1n) is 4.72. The minimum atomic E-state index is 0.405. The van der Waals surface area contributed by atoms with Gasteiger partial charge in [-0.2, -0.15) is 0 Å². The van der Waals surface area contributed by atoms with Crippen LogP contribution in [0.4, 0.5) is 0 Å². The molecule has 0 aliphatic carbocycles. The third-order valence-electron chi connectivity index (χ3n) is 2.70. The van der Waals surface area contributed by atoms with Gasteiger partial charge >= 0.3 is 0 Å². The minimum absolute atomic E-state index is 0.405. The second kappa shape index (κ2) is 4.48. The molecule has 0 amide bonds. The Morgan fingerprint density at radius 3 is 2.27 bits per heavy atom. The van der Waals surface area contributed by atoms with Crippen molar-refractivity contribution in [1.82, 2.24) is 5.01 Å². The molecule has 0 saturated carbocycles. The Labute approximate surface area is 104 Å². The third-order valence-corrected chi connectivity index (χ3v) is 3.89. The van der Waals surface area contributed by atoms with Crippen LogP contribution in [0.1, 0.15) is 17.9 Å². The van der Waals surface area contributed by atoms with E-state index < -0.39 is 0 Å². The Kier molecular flexibility index (Phi) is 3.43. The number of rotatable bonds is 1. The van der Waals surface area contributed by atoms with Gasteiger partial charge in [0.15, 0.2) is 0 Å². The van der Waals surface area contributed by atoms with Gasteiger partial charge in [0, 0.05) is 13.1 Å². The molecule has 2 nitrogen and oxygen atoms in total. The van der Waals surface area contributed by atoms with Gasteiger partial charge in [-0.25, -0.2) is 5.01 Å². The summed E-state index contributed by atoms with van der Waals surface area (Å²) >= 11 is 17.8. The number of hydrogen-bond donors (Lipinski definition) is 1. The van der Waals surface area contributed by atoms with Gasteiger partial charge in [-0.15, -0.1) is 0 Å². The molecule has 15 heavy (non-hydrogen) atoms. The Balaban J connectivity index is 2.29. The first-order chi connectivity index (χ1) is 7.08. The van der Waals surface area contributed by atoms with Crippen LogP contribution < -0.4 is 5.84 Å². The molecular weight excluding hydrogens is 254 g/mol. The number of hydrogen-bond acceptors (Lipinski definition) is 2. The molecular formula is C10H11Cl3N2. The standard InChI is InChI=1S/C10H11Cl3N2/c11-8-3-7(4-9(12)10(8)13)6-1-2-15(14)5-6/h3-4,6H,1-2,5,14H2/t6-/m0/s1. The van der Waals surface area contributed by atoms with Crippen molar-refractivity contribution >= 4 is 34.8 Å². The van der Waals surface area contributed by atoms with E-state index in [1.54, 1.807) is 5.01 Å². The van der Waals surface area contributed by atoms with Gasteiger partial charge in [-0.3, -0.25) is 5.84 Å². The molecule has 0 spiro atoms. The lowest BCUT2D eigenvalue weighted by Crippen LogP contribution is -2.27. The molecule has 1 aromatic rings. The van der Waals surface area contributed by atoms with Gasteiger partial charge in [-0.05, 0) is 30.0 Å². The van der Waals surface area contributed by atoms with Crippen molar-refractivity contribution in [3.05, 3.63) is 32.8 Å². The molecule has 0 radical (unpaired) electrons. The summed E-state index contributed by atoms with van der Waals surface area (Å²) in [7, 11) is 0. The first-order valence-corrected chi connectivity index (χ1v) is 5.85. The van der Waals surface area contributed by atoms with Gasteiger partial charge in [-0.1, -0.05) is 34.8 Å². The molecule has 0 bridgehead atoms. The van der Waals surface area contributed by atoms with E-state index in [4.69, 9.17) is 40.6 Å². The normalized spacial score (nSPS) is 22.3. The molecule has 0 unspecified atom stereocenters. The monoisotopic (exact) mass is 264 g/mol. The Bertz CT molecular complexity index is 358. The fraction of sp³-hybridized carbons (Fsp3) is 0.400.